The molecule has 0 unspecified atom stereocenters. The van der Waals surface area contributed by atoms with Crippen LogP contribution in [0.4, 0.5) is 0 Å². The van der Waals surface area contributed by atoms with Crippen molar-refractivity contribution < 1.29 is 14.3 Å². The van der Waals surface area contributed by atoms with E-state index in [0.29, 0.717) is 27.7 Å². The van der Waals surface area contributed by atoms with E-state index in [1.165, 1.54) is 17.9 Å². The Balaban J connectivity index is 2.47. The lowest BCUT2D eigenvalue weighted by molar-refractivity contribution is -0.122. The van der Waals surface area contributed by atoms with Crippen LogP contribution in [-0.2, 0) is 11.3 Å². The maximum atomic E-state index is 13.0. The van der Waals surface area contributed by atoms with Crippen LogP contribution in [0.15, 0.2) is 12.3 Å². The smallest absolute Gasteiger partial charge is 0.257 e. The number of carbonyl (C=O) groups is 2. The van der Waals surface area contributed by atoms with Crippen LogP contribution in [0, 0.1) is 13.8 Å². The van der Waals surface area contributed by atoms with Gasteiger partial charge in [0.15, 0.2) is 6.61 Å². The van der Waals surface area contributed by atoms with E-state index in [0.717, 1.165) is 5.56 Å². The highest BCUT2D eigenvalue weighted by atomic mass is 35.5. The molecule has 2 aromatic rings. The number of ketones is 1. The van der Waals surface area contributed by atoms with Crippen LogP contribution in [0.25, 0.3) is 0 Å². The average Bonchev–Trinajstić information content (AvgIpc) is 3.03. The van der Waals surface area contributed by atoms with Crippen molar-refractivity contribution in [1.82, 2.24) is 15.1 Å². The number of aryl methyl sites for hydroxylation is 2. The standard InChI is InChI=1S/C17H19Cl2N3O3/c1-5-22-17(25-8-13(23)20-4)12(7-21-22)16(24)11-6-9(2)14(18)10(3)15(11)19/h6-7H,5,8H2,1-4H3,(H,20,23). The molecular formula is C17H19Cl2N3O3. The quantitative estimate of drug-likeness (QED) is 0.777. The summed E-state index contributed by atoms with van der Waals surface area (Å²) in [6.45, 7) is 5.70. The van der Waals surface area contributed by atoms with Gasteiger partial charge in [0.25, 0.3) is 5.91 Å². The number of hydrogen-bond acceptors (Lipinski definition) is 4. The lowest BCUT2D eigenvalue weighted by Gasteiger charge is -2.12. The maximum absolute atomic E-state index is 13.0. The molecule has 1 N–H and O–H groups in total. The molecule has 0 aliphatic carbocycles. The molecule has 0 radical (unpaired) electrons. The van der Waals surface area contributed by atoms with Crippen LogP contribution in [0.2, 0.25) is 10.0 Å². The van der Waals surface area contributed by atoms with Crippen molar-refractivity contribution in [1.29, 1.82) is 0 Å². The number of carbonyl (C=O) groups excluding carboxylic acids is 2. The normalized spacial score (nSPS) is 10.6. The zero-order valence-corrected chi connectivity index (χ0v) is 16.0. The van der Waals surface area contributed by atoms with Crippen LogP contribution >= 0.6 is 23.2 Å². The Kier molecular flexibility index (Phi) is 6.08. The van der Waals surface area contributed by atoms with Crippen LogP contribution in [-0.4, -0.2) is 35.1 Å². The molecule has 0 bridgehead atoms. The van der Waals surface area contributed by atoms with Gasteiger partial charge in [-0.1, -0.05) is 23.2 Å². The molecule has 1 heterocycles. The summed E-state index contributed by atoms with van der Waals surface area (Å²) in [5.41, 5.74) is 1.96. The molecule has 1 aromatic carbocycles. The number of halogens is 2. The van der Waals surface area contributed by atoms with E-state index in [9.17, 15) is 9.59 Å². The lowest BCUT2D eigenvalue weighted by Crippen LogP contribution is -2.26. The van der Waals surface area contributed by atoms with Gasteiger partial charge in [0.1, 0.15) is 5.56 Å². The maximum Gasteiger partial charge on any atom is 0.257 e. The minimum atomic E-state index is -0.334. The number of aromatic nitrogens is 2. The van der Waals surface area contributed by atoms with Crippen molar-refractivity contribution in [2.45, 2.75) is 27.3 Å². The van der Waals surface area contributed by atoms with E-state index >= 15 is 0 Å². The second-order valence-electron chi connectivity index (χ2n) is 5.46. The highest BCUT2D eigenvalue weighted by molar-refractivity contribution is 6.39. The third-order valence-corrected chi connectivity index (χ3v) is 4.87. The minimum Gasteiger partial charge on any atom is -0.467 e. The largest absolute Gasteiger partial charge is 0.467 e. The number of hydrogen-bond donors (Lipinski definition) is 1. The van der Waals surface area contributed by atoms with Crippen molar-refractivity contribution in [3.05, 3.63) is 44.6 Å². The zero-order chi connectivity index (χ0) is 18.7. The highest BCUT2D eigenvalue weighted by Gasteiger charge is 2.24. The second kappa shape index (κ2) is 7.89. The molecule has 8 heteroatoms. The van der Waals surface area contributed by atoms with Crippen molar-refractivity contribution in [2.24, 2.45) is 0 Å². The molecule has 134 valence electrons. The third-order valence-electron chi connectivity index (χ3n) is 3.80. The molecule has 0 saturated carbocycles. The van der Waals surface area contributed by atoms with E-state index in [1.54, 1.807) is 19.9 Å². The number of rotatable bonds is 6. The summed E-state index contributed by atoms with van der Waals surface area (Å²) in [6.07, 6.45) is 1.42. The third kappa shape index (κ3) is 3.80. The summed E-state index contributed by atoms with van der Waals surface area (Å²) in [7, 11) is 1.51. The first-order chi connectivity index (χ1) is 11.8. The van der Waals surface area contributed by atoms with Crippen molar-refractivity contribution in [3.63, 3.8) is 0 Å². The summed E-state index contributed by atoms with van der Waals surface area (Å²) in [6, 6.07) is 1.64. The number of ether oxygens (including phenoxy) is 1. The first-order valence-electron chi connectivity index (χ1n) is 7.70. The second-order valence-corrected chi connectivity index (χ2v) is 6.22. The Labute approximate surface area is 156 Å². The summed E-state index contributed by atoms with van der Waals surface area (Å²) >= 11 is 12.5. The van der Waals surface area contributed by atoms with Crippen LogP contribution < -0.4 is 10.1 Å². The Morgan fingerprint density at radius 3 is 2.52 bits per heavy atom. The van der Waals surface area contributed by atoms with Crippen molar-refractivity contribution >= 4 is 34.9 Å². The minimum absolute atomic E-state index is 0.213. The highest BCUT2D eigenvalue weighted by Crippen LogP contribution is 2.33. The lowest BCUT2D eigenvalue weighted by atomic mass is 10.0. The Morgan fingerprint density at radius 2 is 1.92 bits per heavy atom. The molecule has 1 aromatic heterocycles. The number of benzene rings is 1. The number of likely N-dealkylation sites (N-methyl/N-ethyl adjacent to an activating group) is 1. The average molecular weight is 384 g/mol. The summed E-state index contributed by atoms with van der Waals surface area (Å²) in [5, 5.41) is 7.43. The molecule has 2 rings (SSSR count). The number of nitrogens with one attached hydrogen (secondary N) is 1. The summed E-state index contributed by atoms with van der Waals surface area (Å²) in [5.74, 6) is -0.407. The van der Waals surface area contributed by atoms with E-state index < -0.39 is 0 Å². The van der Waals surface area contributed by atoms with Gasteiger partial charge in [-0.05, 0) is 38.0 Å². The fourth-order valence-corrected chi connectivity index (χ4v) is 2.79. The van der Waals surface area contributed by atoms with E-state index in [4.69, 9.17) is 27.9 Å². The summed E-state index contributed by atoms with van der Waals surface area (Å²) in [4.78, 5) is 24.4. The van der Waals surface area contributed by atoms with Crippen LogP contribution in [0.1, 0.15) is 34.0 Å². The van der Waals surface area contributed by atoms with E-state index in [-0.39, 0.29) is 29.7 Å². The van der Waals surface area contributed by atoms with Gasteiger partial charge in [-0.25, -0.2) is 4.68 Å². The molecule has 0 atom stereocenters. The summed E-state index contributed by atoms with van der Waals surface area (Å²) < 4.78 is 7.03. The zero-order valence-electron chi connectivity index (χ0n) is 14.4. The molecular weight excluding hydrogens is 365 g/mol. The monoisotopic (exact) mass is 383 g/mol. The molecule has 0 fully saturated rings. The fraction of sp³-hybridized carbons (Fsp3) is 0.353. The van der Waals surface area contributed by atoms with E-state index in [2.05, 4.69) is 10.4 Å². The predicted molar refractivity (Wildman–Crippen MR) is 96.8 cm³/mol. The van der Waals surface area contributed by atoms with Crippen molar-refractivity contribution in [3.8, 4) is 5.88 Å². The molecule has 6 nitrogen and oxygen atoms in total. The number of nitrogens with zero attached hydrogens (tertiary/aromatic N) is 2. The first-order valence-corrected chi connectivity index (χ1v) is 8.46. The molecule has 25 heavy (non-hydrogen) atoms. The van der Waals surface area contributed by atoms with Crippen LogP contribution in [0.3, 0.4) is 0 Å². The number of amides is 1. The van der Waals surface area contributed by atoms with Crippen LogP contribution in [0.5, 0.6) is 5.88 Å². The van der Waals surface area contributed by atoms with Gasteiger partial charge < -0.3 is 10.1 Å². The van der Waals surface area contributed by atoms with Gasteiger partial charge in [0.2, 0.25) is 11.7 Å². The van der Waals surface area contributed by atoms with E-state index in [1.807, 2.05) is 6.92 Å². The first kappa shape index (κ1) is 19.3. The topological polar surface area (TPSA) is 73.2 Å². The van der Waals surface area contributed by atoms with Gasteiger partial charge in [-0.3, -0.25) is 9.59 Å². The fourth-order valence-electron chi connectivity index (χ4n) is 2.36. The van der Waals surface area contributed by atoms with Gasteiger partial charge in [0.05, 0.1) is 11.2 Å². The van der Waals surface area contributed by atoms with Gasteiger partial charge in [0, 0.05) is 24.2 Å². The Hall–Kier alpha value is -2.05. The van der Waals surface area contributed by atoms with Gasteiger partial charge in [-0.15, -0.1) is 0 Å². The molecule has 1 amide bonds. The van der Waals surface area contributed by atoms with Gasteiger partial charge >= 0.3 is 0 Å². The molecule has 0 aliphatic heterocycles. The molecule has 0 aliphatic rings. The Morgan fingerprint density at radius 1 is 1.24 bits per heavy atom. The molecule has 0 spiro atoms. The Bertz CT molecular complexity index is 831. The SMILES string of the molecule is CCn1ncc(C(=O)c2cc(C)c(Cl)c(C)c2Cl)c1OCC(=O)NC. The van der Waals surface area contributed by atoms with Crippen molar-refractivity contribution in [2.75, 3.05) is 13.7 Å². The van der Waals surface area contributed by atoms with Gasteiger partial charge in [-0.2, -0.15) is 5.10 Å². The predicted octanol–water partition coefficient (Wildman–Crippen LogP) is 3.18. The molecule has 0 saturated heterocycles.